The summed E-state index contributed by atoms with van der Waals surface area (Å²) in [6, 6.07) is 6.03. The molecule has 1 unspecified atom stereocenters. The maximum Gasteiger partial charge on any atom is 0.171 e. The number of pyridine rings is 1. The summed E-state index contributed by atoms with van der Waals surface area (Å²) in [6.07, 6.45) is 6.10. The molecule has 4 aromatic heterocycles. The van der Waals surface area contributed by atoms with Crippen molar-refractivity contribution in [2.45, 2.75) is 45.4 Å². The van der Waals surface area contributed by atoms with E-state index in [-0.39, 0.29) is 12.1 Å². The van der Waals surface area contributed by atoms with Gasteiger partial charge in [0.15, 0.2) is 5.82 Å². The van der Waals surface area contributed by atoms with Gasteiger partial charge in [-0.2, -0.15) is 20.6 Å². The average molecular weight is 460 g/mol. The Labute approximate surface area is 196 Å². The zero-order valence-electron chi connectivity index (χ0n) is 19.5. The van der Waals surface area contributed by atoms with Gasteiger partial charge in [-0.25, -0.2) is 8.91 Å². The molecule has 0 N–H and O–H groups in total. The van der Waals surface area contributed by atoms with Crippen molar-refractivity contribution in [1.29, 1.82) is 5.26 Å². The van der Waals surface area contributed by atoms with Gasteiger partial charge in [-0.3, -0.25) is 14.3 Å². The van der Waals surface area contributed by atoms with Crippen LogP contribution in [0.3, 0.4) is 0 Å². The van der Waals surface area contributed by atoms with Crippen LogP contribution in [0.5, 0.6) is 0 Å². The summed E-state index contributed by atoms with van der Waals surface area (Å²) in [6.45, 7) is 7.49. The molecule has 4 aromatic rings. The fourth-order valence-electron chi connectivity index (χ4n) is 5.41. The van der Waals surface area contributed by atoms with Gasteiger partial charge in [0.05, 0.1) is 42.1 Å². The first kappa shape index (κ1) is 20.9. The number of nitriles is 1. The van der Waals surface area contributed by atoms with Crippen molar-refractivity contribution in [2.75, 3.05) is 18.0 Å². The van der Waals surface area contributed by atoms with Crippen LogP contribution in [0, 0.1) is 17.1 Å². The van der Waals surface area contributed by atoms with Crippen molar-refractivity contribution < 1.29 is 4.39 Å². The highest BCUT2D eigenvalue weighted by Crippen LogP contribution is 2.36. The third-order valence-electron chi connectivity index (χ3n) is 7.25. The second-order valence-corrected chi connectivity index (χ2v) is 9.36. The lowest BCUT2D eigenvalue weighted by atomic mass is 10.0. The summed E-state index contributed by atoms with van der Waals surface area (Å²) in [5.41, 5.74) is 6.24. The lowest BCUT2D eigenvalue weighted by molar-refractivity contribution is 0.191. The van der Waals surface area contributed by atoms with E-state index in [1.807, 2.05) is 24.0 Å². The first-order valence-corrected chi connectivity index (χ1v) is 11.6. The molecule has 0 bridgehead atoms. The molecule has 0 spiro atoms. The van der Waals surface area contributed by atoms with Crippen LogP contribution in [0.2, 0.25) is 0 Å². The van der Waals surface area contributed by atoms with Gasteiger partial charge < -0.3 is 4.90 Å². The molecule has 0 saturated carbocycles. The number of aromatic nitrogens is 6. The van der Waals surface area contributed by atoms with E-state index in [4.69, 9.17) is 5.10 Å². The minimum atomic E-state index is -0.419. The topological polar surface area (TPSA) is 83.2 Å². The largest absolute Gasteiger partial charge is 0.362 e. The van der Waals surface area contributed by atoms with Crippen molar-refractivity contribution in [3.8, 4) is 6.07 Å². The van der Waals surface area contributed by atoms with Gasteiger partial charge in [0.25, 0.3) is 0 Å². The van der Waals surface area contributed by atoms with Gasteiger partial charge >= 0.3 is 0 Å². The molecule has 174 valence electrons. The van der Waals surface area contributed by atoms with E-state index >= 15 is 0 Å². The van der Waals surface area contributed by atoms with E-state index in [2.05, 4.69) is 50.8 Å². The van der Waals surface area contributed by atoms with Crippen molar-refractivity contribution >= 4 is 11.2 Å². The fourth-order valence-corrected chi connectivity index (χ4v) is 5.41. The van der Waals surface area contributed by atoms with Crippen LogP contribution in [-0.4, -0.2) is 47.2 Å². The molecule has 0 aliphatic carbocycles. The molecule has 6 heterocycles. The Balaban J connectivity index is 1.35. The molecule has 6 rings (SSSR count). The minimum Gasteiger partial charge on any atom is -0.362 e. The molecule has 34 heavy (non-hydrogen) atoms. The van der Waals surface area contributed by atoms with E-state index in [0.29, 0.717) is 24.3 Å². The predicted molar refractivity (Wildman–Crippen MR) is 124 cm³/mol. The smallest absolute Gasteiger partial charge is 0.171 e. The van der Waals surface area contributed by atoms with Crippen LogP contribution in [0.15, 0.2) is 30.7 Å². The number of rotatable bonds is 3. The normalized spacial score (nSPS) is 19.1. The van der Waals surface area contributed by atoms with Gasteiger partial charge in [0.1, 0.15) is 17.3 Å². The monoisotopic (exact) mass is 459 g/mol. The summed E-state index contributed by atoms with van der Waals surface area (Å²) in [5, 5.41) is 22.8. The standard InChI is InChI=1S/C24H26FN9/c1-15-11-32(22-5-4-18(8-26)34-24(22)20(25)10-28-34)14-23-19-13-31(7-6-21(19)29-33(15)23)16(2)17-9-27-30(3)12-17/h4-5,9-10,12,15-16H,6-7,11,13-14H2,1-3H3/t15-,16?/m1/s1. The van der Waals surface area contributed by atoms with Gasteiger partial charge in [0, 0.05) is 56.5 Å². The highest BCUT2D eigenvalue weighted by atomic mass is 19.1. The zero-order valence-corrected chi connectivity index (χ0v) is 19.5. The molecule has 2 aliphatic rings. The van der Waals surface area contributed by atoms with E-state index in [0.717, 1.165) is 25.2 Å². The Hall–Kier alpha value is -3.71. The molecule has 9 nitrogen and oxygen atoms in total. The maximum absolute atomic E-state index is 14.7. The molecule has 0 amide bonds. The summed E-state index contributed by atoms with van der Waals surface area (Å²) in [7, 11) is 1.94. The minimum absolute atomic E-state index is 0.139. The highest BCUT2D eigenvalue weighted by molar-refractivity contribution is 5.75. The third kappa shape index (κ3) is 3.11. The van der Waals surface area contributed by atoms with Gasteiger partial charge in [-0.15, -0.1) is 0 Å². The fraction of sp³-hybridized carbons (Fsp3) is 0.417. The quantitative estimate of drug-likeness (QED) is 0.468. The van der Waals surface area contributed by atoms with Crippen LogP contribution >= 0.6 is 0 Å². The van der Waals surface area contributed by atoms with Crippen molar-refractivity contribution in [1.82, 2.24) is 34.1 Å². The lowest BCUT2D eigenvalue weighted by Gasteiger charge is -2.36. The molecule has 2 atom stereocenters. The Morgan fingerprint density at radius 3 is 2.82 bits per heavy atom. The molecule has 10 heteroatoms. The van der Waals surface area contributed by atoms with Gasteiger partial charge in [-0.1, -0.05) is 0 Å². The number of halogens is 1. The van der Waals surface area contributed by atoms with Crippen LogP contribution in [0.1, 0.15) is 54.1 Å². The van der Waals surface area contributed by atoms with Gasteiger partial charge in [0.2, 0.25) is 0 Å². The summed E-state index contributed by atoms with van der Waals surface area (Å²) in [4.78, 5) is 4.66. The summed E-state index contributed by atoms with van der Waals surface area (Å²) < 4.78 is 20.1. The number of hydrogen-bond donors (Lipinski definition) is 0. The molecule has 0 saturated heterocycles. The second-order valence-electron chi connectivity index (χ2n) is 9.36. The Kier molecular flexibility index (Phi) is 4.71. The number of hydrogen-bond acceptors (Lipinski definition) is 6. The maximum atomic E-state index is 14.7. The first-order valence-electron chi connectivity index (χ1n) is 11.6. The number of fused-ring (bicyclic) bond motifs is 4. The Bertz CT molecular complexity index is 1440. The molecule has 0 aromatic carbocycles. The van der Waals surface area contributed by atoms with Crippen molar-refractivity contribution in [3.05, 3.63) is 64.7 Å². The third-order valence-corrected chi connectivity index (χ3v) is 7.25. The van der Waals surface area contributed by atoms with Crippen molar-refractivity contribution in [3.63, 3.8) is 0 Å². The predicted octanol–water partition coefficient (Wildman–Crippen LogP) is 2.98. The molecule has 2 aliphatic heterocycles. The van der Waals surface area contributed by atoms with Crippen LogP contribution in [-0.2, 0) is 26.6 Å². The van der Waals surface area contributed by atoms with E-state index in [1.165, 1.54) is 33.2 Å². The van der Waals surface area contributed by atoms with Crippen LogP contribution in [0.4, 0.5) is 10.1 Å². The first-order chi connectivity index (χ1) is 16.4. The van der Waals surface area contributed by atoms with E-state index in [9.17, 15) is 9.65 Å². The zero-order chi connectivity index (χ0) is 23.6. The lowest BCUT2D eigenvalue weighted by Crippen LogP contribution is -2.38. The Morgan fingerprint density at radius 2 is 2.06 bits per heavy atom. The number of nitrogens with zero attached hydrogens (tertiary/aromatic N) is 9. The average Bonchev–Trinajstić information content (AvgIpc) is 3.55. The highest BCUT2D eigenvalue weighted by Gasteiger charge is 2.33. The molecule has 0 radical (unpaired) electrons. The Morgan fingerprint density at radius 1 is 1.21 bits per heavy atom. The van der Waals surface area contributed by atoms with Gasteiger partial charge in [-0.05, 0) is 26.0 Å². The van der Waals surface area contributed by atoms with E-state index < -0.39 is 5.82 Å². The van der Waals surface area contributed by atoms with Crippen LogP contribution in [0.25, 0.3) is 5.52 Å². The number of anilines is 1. The van der Waals surface area contributed by atoms with Crippen molar-refractivity contribution in [2.24, 2.45) is 7.05 Å². The molecule has 0 fully saturated rings. The van der Waals surface area contributed by atoms with E-state index in [1.54, 1.807) is 6.07 Å². The SMILES string of the molecule is CC(c1cnn(C)c1)N1CCc2nn3c(c2C1)CN(c1ccc(C#N)n2ncc(F)c12)C[C@H]3C. The molecular formula is C24H26FN9. The summed E-state index contributed by atoms with van der Waals surface area (Å²) >= 11 is 0. The van der Waals surface area contributed by atoms with Crippen LogP contribution < -0.4 is 4.90 Å². The second kappa shape index (κ2) is 7.67. The summed E-state index contributed by atoms with van der Waals surface area (Å²) in [5.74, 6) is -0.419. The number of aryl methyl sites for hydroxylation is 1. The molecular weight excluding hydrogens is 433 g/mol.